The number of carbonyl (C=O) groups is 1. The fraction of sp³-hybridized carbons (Fsp3) is 0.381. The largest absolute Gasteiger partial charge is 0.495 e. The Morgan fingerprint density at radius 3 is 2.79 bits per heavy atom. The molecule has 1 aliphatic rings. The highest BCUT2D eigenvalue weighted by Gasteiger charge is 2.21. The molecule has 2 heterocycles. The molecule has 0 bridgehead atoms. The van der Waals surface area contributed by atoms with Gasteiger partial charge in [0.25, 0.3) is 0 Å². The molecule has 1 fully saturated rings. The van der Waals surface area contributed by atoms with E-state index in [9.17, 15) is 4.79 Å². The van der Waals surface area contributed by atoms with Crippen molar-refractivity contribution < 1.29 is 9.53 Å². The first-order chi connectivity index (χ1) is 14.3. The zero-order valence-corrected chi connectivity index (χ0v) is 18.0. The highest BCUT2D eigenvalue weighted by molar-refractivity contribution is 7.99. The summed E-state index contributed by atoms with van der Waals surface area (Å²) in [5.74, 6) is 1.85. The van der Waals surface area contributed by atoms with E-state index < -0.39 is 0 Å². The van der Waals surface area contributed by atoms with E-state index in [0.717, 1.165) is 35.0 Å². The molecule has 0 unspecified atom stereocenters. The molecule has 1 N–H and O–H groups in total. The molecule has 0 spiro atoms. The summed E-state index contributed by atoms with van der Waals surface area (Å²) >= 11 is 3.01. The van der Waals surface area contributed by atoms with Crippen LogP contribution >= 0.6 is 23.1 Å². The monoisotopic (exact) mass is 428 g/mol. The van der Waals surface area contributed by atoms with Gasteiger partial charge in [-0.05, 0) is 36.4 Å². The van der Waals surface area contributed by atoms with E-state index in [0.29, 0.717) is 17.0 Å². The maximum Gasteiger partial charge on any atom is 0.230 e. The number of amides is 1. The van der Waals surface area contributed by atoms with E-state index in [2.05, 4.69) is 15.5 Å². The van der Waals surface area contributed by atoms with Crippen molar-refractivity contribution in [1.29, 1.82) is 0 Å². The summed E-state index contributed by atoms with van der Waals surface area (Å²) in [4.78, 5) is 13.5. The van der Waals surface area contributed by atoms with Crippen LogP contribution in [0.4, 0.5) is 0 Å². The van der Waals surface area contributed by atoms with E-state index in [4.69, 9.17) is 4.74 Å². The van der Waals surface area contributed by atoms with Gasteiger partial charge in [-0.2, -0.15) is 0 Å². The molecule has 3 aromatic rings. The second-order valence-corrected chi connectivity index (χ2v) is 8.87. The number of nitrogens with one attached hydrogen (secondary N) is 1. The van der Waals surface area contributed by atoms with Gasteiger partial charge in [-0.15, -0.1) is 21.5 Å². The number of thioether (sulfide) groups is 1. The molecule has 1 amide bonds. The predicted molar refractivity (Wildman–Crippen MR) is 117 cm³/mol. The molecule has 0 radical (unpaired) electrons. The fourth-order valence-electron chi connectivity index (χ4n) is 3.61. The van der Waals surface area contributed by atoms with Crippen molar-refractivity contribution in [3.63, 3.8) is 0 Å². The summed E-state index contributed by atoms with van der Waals surface area (Å²) in [7, 11) is 1.65. The second-order valence-electron chi connectivity index (χ2n) is 6.98. The Morgan fingerprint density at radius 1 is 1.21 bits per heavy atom. The molecule has 4 rings (SSSR count). The lowest BCUT2D eigenvalue weighted by atomic mass is 9.95. The van der Waals surface area contributed by atoms with E-state index >= 15 is 0 Å². The van der Waals surface area contributed by atoms with Crippen LogP contribution < -0.4 is 10.1 Å². The van der Waals surface area contributed by atoms with Crippen molar-refractivity contribution in [2.24, 2.45) is 0 Å². The minimum Gasteiger partial charge on any atom is -0.495 e. The van der Waals surface area contributed by atoms with Gasteiger partial charge in [0.1, 0.15) is 5.75 Å². The van der Waals surface area contributed by atoms with Gasteiger partial charge in [-0.1, -0.05) is 49.2 Å². The Hall–Kier alpha value is -2.32. The average molecular weight is 429 g/mol. The number of thiophene rings is 1. The van der Waals surface area contributed by atoms with Gasteiger partial charge in [0, 0.05) is 6.04 Å². The average Bonchev–Trinajstić information content (AvgIpc) is 3.42. The standard InChI is InChI=1S/C21H24N4O2S2/c1-27-17-11-6-5-10-16(17)25-20(18-12-7-13-28-18)23-24-21(25)29-14-19(26)22-15-8-3-2-4-9-15/h5-7,10-13,15H,2-4,8-9,14H2,1H3,(H,22,26). The number of benzene rings is 1. The van der Waals surface area contributed by atoms with E-state index in [-0.39, 0.29) is 5.91 Å². The normalized spacial score (nSPS) is 14.7. The maximum atomic E-state index is 12.5. The van der Waals surface area contributed by atoms with Gasteiger partial charge in [0.15, 0.2) is 11.0 Å². The fourth-order valence-corrected chi connectivity index (χ4v) is 5.06. The quantitative estimate of drug-likeness (QED) is 0.559. The smallest absolute Gasteiger partial charge is 0.230 e. The second kappa shape index (κ2) is 9.45. The van der Waals surface area contributed by atoms with Gasteiger partial charge in [-0.3, -0.25) is 9.36 Å². The number of aromatic nitrogens is 3. The van der Waals surface area contributed by atoms with E-state index in [1.54, 1.807) is 18.4 Å². The van der Waals surface area contributed by atoms with Crippen molar-refractivity contribution in [2.75, 3.05) is 12.9 Å². The molecule has 2 aromatic heterocycles. The van der Waals surface area contributed by atoms with Crippen molar-refractivity contribution in [3.05, 3.63) is 41.8 Å². The molecule has 29 heavy (non-hydrogen) atoms. The predicted octanol–water partition coefficient (Wildman–Crippen LogP) is 4.55. The summed E-state index contributed by atoms with van der Waals surface area (Å²) in [6.07, 6.45) is 5.83. The van der Waals surface area contributed by atoms with Crippen molar-refractivity contribution >= 4 is 29.0 Å². The first-order valence-electron chi connectivity index (χ1n) is 9.81. The summed E-state index contributed by atoms with van der Waals surface area (Å²) in [6, 6.07) is 12.1. The Balaban J connectivity index is 1.57. The maximum absolute atomic E-state index is 12.5. The number of ether oxygens (including phenoxy) is 1. The Bertz CT molecular complexity index is 950. The number of hydrogen-bond donors (Lipinski definition) is 1. The Labute approximate surface area is 178 Å². The zero-order valence-electron chi connectivity index (χ0n) is 16.3. The van der Waals surface area contributed by atoms with Crippen molar-refractivity contribution in [2.45, 2.75) is 43.3 Å². The highest BCUT2D eigenvalue weighted by Crippen LogP contribution is 2.34. The van der Waals surface area contributed by atoms with Crippen molar-refractivity contribution in [3.8, 4) is 22.1 Å². The molecule has 6 nitrogen and oxygen atoms in total. The number of nitrogens with zero attached hydrogens (tertiary/aromatic N) is 3. The molecule has 0 atom stereocenters. The van der Waals surface area contributed by atoms with Crippen LogP contribution in [0.5, 0.6) is 5.75 Å². The third-order valence-electron chi connectivity index (χ3n) is 5.00. The molecular formula is C21H24N4O2S2. The molecule has 1 aliphatic carbocycles. The van der Waals surface area contributed by atoms with Gasteiger partial charge in [0.05, 0.1) is 23.4 Å². The molecule has 1 saturated carbocycles. The minimum atomic E-state index is 0.0501. The molecule has 1 aromatic carbocycles. The number of hydrogen-bond acceptors (Lipinski definition) is 6. The first kappa shape index (κ1) is 20.0. The van der Waals surface area contributed by atoms with Crippen LogP contribution in [0, 0.1) is 0 Å². The van der Waals surface area contributed by atoms with Gasteiger partial charge in [-0.25, -0.2) is 0 Å². The molecule has 0 saturated heterocycles. The number of carbonyl (C=O) groups excluding carboxylic acids is 1. The van der Waals surface area contributed by atoms with Crippen LogP contribution in [-0.2, 0) is 4.79 Å². The van der Waals surface area contributed by atoms with Crippen LogP contribution in [0.1, 0.15) is 32.1 Å². The van der Waals surface area contributed by atoms with Gasteiger partial charge >= 0.3 is 0 Å². The number of para-hydroxylation sites is 2. The molecule has 8 heteroatoms. The molecule has 0 aliphatic heterocycles. The van der Waals surface area contributed by atoms with Crippen LogP contribution in [0.25, 0.3) is 16.4 Å². The third kappa shape index (κ3) is 4.64. The minimum absolute atomic E-state index is 0.0501. The Morgan fingerprint density at radius 2 is 2.03 bits per heavy atom. The van der Waals surface area contributed by atoms with Gasteiger partial charge < -0.3 is 10.1 Å². The van der Waals surface area contributed by atoms with E-state index in [1.165, 1.54) is 31.0 Å². The highest BCUT2D eigenvalue weighted by atomic mass is 32.2. The van der Waals surface area contributed by atoms with Crippen LogP contribution in [0.15, 0.2) is 46.9 Å². The number of methoxy groups -OCH3 is 1. The van der Waals surface area contributed by atoms with Crippen LogP contribution in [-0.4, -0.2) is 39.6 Å². The summed E-state index contributed by atoms with van der Waals surface area (Å²) < 4.78 is 7.54. The first-order valence-corrected chi connectivity index (χ1v) is 11.7. The lowest BCUT2D eigenvalue weighted by Crippen LogP contribution is -2.37. The molecular weight excluding hydrogens is 404 g/mol. The third-order valence-corrected chi connectivity index (χ3v) is 6.80. The summed E-state index contributed by atoms with van der Waals surface area (Å²) in [6.45, 7) is 0. The lowest BCUT2D eigenvalue weighted by molar-refractivity contribution is -0.119. The van der Waals surface area contributed by atoms with Crippen molar-refractivity contribution in [1.82, 2.24) is 20.1 Å². The SMILES string of the molecule is COc1ccccc1-n1c(SCC(=O)NC2CCCCC2)nnc1-c1cccs1. The summed E-state index contributed by atoms with van der Waals surface area (Å²) in [5, 5.41) is 14.7. The number of rotatable bonds is 7. The van der Waals surface area contributed by atoms with Crippen LogP contribution in [0.3, 0.4) is 0 Å². The molecule has 152 valence electrons. The Kier molecular flexibility index (Phi) is 6.51. The topological polar surface area (TPSA) is 69.0 Å². The van der Waals surface area contributed by atoms with E-state index in [1.807, 2.05) is 46.3 Å². The van der Waals surface area contributed by atoms with Crippen LogP contribution in [0.2, 0.25) is 0 Å². The zero-order chi connectivity index (χ0) is 20.1. The lowest BCUT2D eigenvalue weighted by Gasteiger charge is -2.22. The summed E-state index contributed by atoms with van der Waals surface area (Å²) in [5.41, 5.74) is 0.860. The van der Waals surface area contributed by atoms with Gasteiger partial charge in [0.2, 0.25) is 5.91 Å².